The minimum atomic E-state index is -0.0975. The van der Waals surface area contributed by atoms with Crippen molar-refractivity contribution in [3.63, 3.8) is 0 Å². The fourth-order valence-electron chi connectivity index (χ4n) is 3.16. The third-order valence-electron chi connectivity index (χ3n) is 4.53. The van der Waals surface area contributed by atoms with Crippen LogP contribution in [0.25, 0.3) is 11.0 Å². The molecule has 0 bridgehead atoms. The lowest BCUT2D eigenvalue weighted by molar-refractivity contribution is 0.0941. The number of aromatic nitrogens is 2. The number of nitrogens with zero attached hydrogens (tertiary/aromatic N) is 1. The first kappa shape index (κ1) is 19.8. The second-order valence-corrected chi connectivity index (χ2v) is 7.61. The number of fused-ring (bicyclic) bond motifs is 1. The van der Waals surface area contributed by atoms with Crippen LogP contribution in [-0.4, -0.2) is 27.7 Å². The first-order valence-corrected chi connectivity index (χ1v) is 10.2. The van der Waals surface area contributed by atoms with Gasteiger partial charge in [0.05, 0.1) is 11.0 Å². The number of amides is 1. The Morgan fingerprint density at radius 1 is 1.30 bits per heavy atom. The Balaban J connectivity index is 1.76. The maximum absolute atomic E-state index is 12.8. The number of aromatic amines is 1. The zero-order chi connectivity index (χ0) is 19.4. The molecule has 3 aromatic rings. The minimum absolute atomic E-state index is 0.0598. The molecule has 1 atom stereocenters. The molecule has 1 aromatic heterocycles. The van der Waals surface area contributed by atoms with Crippen LogP contribution in [0.3, 0.4) is 0 Å². The average Bonchev–Trinajstić information content (AvgIpc) is 3.06. The van der Waals surface area contributed by atoms with Crippen LogP contribution in [0.2, 0.25) is 5.02 Å². The number of carbonyl (C=O) groups is 1. The second-order valence-electron chi connectivity index (χ2n) is 6.81. The molecule has 6 heteroatoms. The largest absolute Gasteiger partial charge is 0.348 e. The molecular weight excluding hydrogens is 378 g/mol. The van der Waals surface area contributed by atoms with Gasteiger partial charge in [-0.15, -0.1) is 0 Å². The normalized spacial score (nSPS) is 12.3. The smallest absolute Gasteiger partial charge is 0.251 e. The predicted octanol–water partition coefficient (Wildman–Crippen LogP) is 4.75. The van der Waals surface area contributed by atoms with E-state index in [2.05, 4.69) is 34.8 Å². The third kappa shape index (κ3) is 4.85. The molecule has 0 fully saturated rings. The Hall–Kier alpha value is -1.98. The lowest BCUT2D eigenvalue weighted by atomic mass is 10.1. The highest BCUT2D eigenvalue weighted by molar-refractivity contribution is 7.80. The second kappa shape index (κ2) is 8.81. The Kier molecular flexibility index (Phi) is 6.45. The van der Waals surface area contributed by atoms with Crippen LogP contribution in [0, 0.1) is 6.92 Å². The molecule has 1 heterocycles. The SMILES string of the molecule is CCCc1nc2c(C)cc(C(=O)N[C@@H](CS)Cc3ccc(Cl)cc3)cc2[nH]1. The van der Waals surface area contributed by atoms with Crippen molar-refractivity contribution in [3.8, 4) is 0 Å². The lowest BCUT2D eigenvalue weighted by Gasteiger charge is -2.17. The number of rotatable bonds is 7. The summed E-state index contributed by atoms with van der Waals surface area (Å²) in [5, 5.41) is 3.79. The third-order valence-corrected chi connectivity index (χ3v) is 5.22. The van der Waals surface area contributed by atoms with Gasteiger partial charge < -0.3 is 10.3 Å². The van der Waals surface area contributed by atoms with Crippen LogP contribution in [0.5, 0.6) is 0 Å². The van der Waals surface area contributed by atoms with Gasteiger partial charge in [0.25, 0.3) is 5.91 Å². The van der Waals surface area contributed by atoms with Gasteiger partial charge in [-0.1, -0.05) is 30.7 Å². The van der Waals surface area contributed by atoms with Crippen molar-refractivity contribution in [2.24, 2.45) is 0 Å². The summed E-state index contributed by atoms with van der Waals surface area (Å²) in [5.41, 5.74) is 4.58. The van der Waals surface area contributed by atoms with Crippen LogP contribution >= 0.6 is 24.2 Å². The number of nitrogens with one attached hydrogen (secondary N) is 2. The molecule has 0 aliphatic heterocycles. The van der Waals surface area contributed by atoms with Gasteiger partial charge in [0.1, 0.15) is 5.82 Å². The first-order chi connectivity index (χ1) is 13.0. The van der Waals surface area contributed by atoms with E-state index in [1.807, 2.05) is 43.3 Å². The van der Waals surface area contributed by atoms with Crippen molar-refractivity contribution < 1.29 is 4.79 Å². The minimum Gasteiger partial charge on any atom is -0.348 e. The monoisotopic (exact) mass is 401 g/mol. The van der Waals surface area contributed by atoms with Gasteiger partial charge in [-0.25, -0.2) is 4.98 Å². The summed E-state index contributed by atoms with van der Waals surface area (Å²) in [7, 11) is 0. The van der Waals surface area contributed by atoms with Crippen molar-refractivity contribution >= 4 is 41.2 Å². The van der Waals surface area contributed by atoms with Crippen molar-refractivity contribution in [2.75, 3.05) is 5.75 Å². The summed E-state index contributed by atoms with van der Waals surface area (Å²) in [4.78, 5) is 20.7. The average molecular weight is 402 g/mol. The van der Waals surface area contributed by atoms with Gasteiger partial charge in [0.2, 0.25) is 0 Å². The van der Waals surface area contributed by atoms with E-state index in [1.165, 1.54) is 0 Å². The van der Waals surface area contributed by atoms with Gasteiger partial charge >= 0.3 is 0 Å². The van der Waals surface area contributed by atoms with Gasteiger partial charge in [0, 0.05) is 28.8 Å². The summed E-state index contributed by atoms with van der Waals surface area (Å²) in [6.07, 6.45) is 2.64. The van der Waals surface area contributed by atoms with E-state index in [9.17, 15) is 4.79 Å². The maximum atomic E-state index is 12.8. The lowest BCUT2D eigenvalue weighted by Crippen LogP contribution is -2.37. The van der Waals surface area contributed by atoms with Crippen LogP contribution in [0.15, 0.2) is 36.4 Å². The van der Waals surface area contributed by atoms with E-state index in [1.54, 1.807) is 0 Å². The maximum Gasteiger partial charge on any atom is 0.251 e. The summed E-state index contributed by atoms with van der Waals surface area (Å²) in [6.45, 7) is 4.11. The molecule has 4 nitrogen and oxygen atoms in total. The fraction of sp³-hybridized carbons (Fsp3) is 0.333. The van der Waals surface area contributed by atoms with E-state index >= 15 is 0 Å². The Morgan fingerprint density at radius 2 is 2.04 bits per heavy atom. The van der Waals surface area contributed by atoms with Crippen molar-refractivity contribution in [2.45, 2.75) is 39.2 Å². The number of imidazole rings is 1. The zero-order valence-corrected chi connectivity index (χ0v) is 17.2. The zero-order valence-electron chi connectivity index (χ0n) is 15.6. The van der Waals surface area contributed by atoms with Crippen molar-refractivity contribution in [1.82, 2.24) is 15.3 Å². The Labute approximate surface area is 170 Å². The van der Waals surface area contributed by atoms with Gasteiger partial charge in [-0.2, -0.15) is 12.6 Å². The molecule has 0 spiro atoms. The molecule has 1 amide bonds. The molecule has 2 aromatic carbocycles. The van der Waals surface area contributed by atoms with Crippen LogP contribution < -0.4 is 5.32 Å². The molecule has 0 aliphatic rings. The molecule has 0 saturated heterocycles. The molecule has 142 valence electrons. The summed E-state index contributed by atoms with van der Waals surface area (Å²) >= 11 is 10.3. The van der Waals surface area contributed by atoms with Gasteiger partial charge in [-0.3, -0.25) is 4.79 Å². The number of benzene rings is 2. The van der Waals surface area contributed by atoms with Crippen molar-refractivity contribution in [1.29, 1.82) is 0 Å². The molecule has 0 unspecified atom stereocenters. The van der Waals surface area contributed by atoms with E-state index in [0.717, 1.165) is 40.8 Å². The molecule has 3 rings (SSSR count). The predicted molar refractivity (Wildman–Crippen MR) is 115 cm³/mol. The van der Waals surface area contributed by atoms with Crippen LogP contribution in [0.1, 0.15) is 40.7 Å². The summed E-state index contributed by atoms with van der Waals surface area (Å²) in [5.74, 6) is 1.42. The fourth-order valence-corrected chi connectivity index (χ4v) is 3.51. The molecule has 0 saturated carbocycles. The number of H-pyrrole nitrogens is 1. The quantitative estimate of drug-likeness (QED) is 0.500. The van der Waals surface area contributed by atoms with Gasteiger partial charge in [0.15, 0.2) is 0 Å². The number of aryl methyl sites for hydroxylation is 2. The van der Waals surface area contributed by atoms with E-state index < -0.39 is 0 Å². The Morgan fingerprint density at radius 3 is 2.70 bits per heavy atom. The highest BCUT2D eigenvalue weighted by Crippen LogP contribution is 2.20. The van der Waals surface area contributed by atoms with Crippen LogP contribution in [0.4, 0.5) is 0 Å². The topological polar surface area (TPSA) is 57.8 Å². The molecule has 0 radical (unpaired) electrons. The van der Waals surface area contributed by atoms with Gasteiger partial charge in [-0.05, 0) is 55.2 Å². The van der Waals surface area contributed by atoms with E-state index in [-0.39, 0.29) is 11.9 Å². The Bertz CT molecular complexity index is 936. The highest BCUT2D eigenvalue weighted by atomic mass is 35.5. The van der Waals surface area contributed by atoms with E-state index in [0.29, 0.717) is 22.8 Å². The van der Waals surface area contributed by atoms with E-state index in [4.69, 9.17) is 11.6 Å². The molecule has 0 aliphatic carbocycles. The first-order valence-electron chi connectivity index (χ1n) is 9.15. The number of hydrogen-bond acceptors (Lipinski definition) is 3. The number of halogens is 1. The molecule has 2 N–H and O–H groups in total. The number of hydrogen-bond donors (Lipinski definition) is 3. The van der Waals surface area contributed by atoms with Crippen molar-refractivity contribution in [3.05, 3.63) is 63.9 Å². The highest BCUT2D eigenvalue weighted by Gasteiger charge is 2.16. The summed E-state index contributed by atoms with van der Waals surface area (Å²) < 4.78 is 0. The summed E-state index contributed by atoms with van der Waals surface area (Å²) in [6, 6.07) is 11.4. The standard InChI is InChI=1S/C21H24ClN3OS/c1-3-4-19-24-18-11-15(9-13(2)20(18)25-19)21(26)23-17(12-27)10-14-5-7-16(22)8-6-14/h5-9,11,17,27H,3-4,10,12H2,1-2H3,(H,23,26)(H,24,25)/t17-/m1/s1. The number of thiol groups is 1. The number of carbonyl (C=O) groups excluding carboxylic acids is 1. The molecule has 27 heavy (non-hydrogen) atoms. The molecular formula is C21H24ClN3OS. The van der Waals surface area contributed by atoms with Crippen LogP contribution in [-0.2, 0) is 12.8 Å².